The zero-order valence-corrected chi connectivity index (χ0v) is 12.1. The van der Waals surface area contributed by atoms with Gasteiger partial charge in [-0.3, -0.25) is 10.1 Å². The Labute approximate surface area is 120 Å². The molecular weight excluding hydrogens is 250 g/mol. The van der Waals surface area contributed by atoms with Crippen LogP contribution in [0.25, 0.3) is 0 Å². The van der Waals surface area contributed by atoms with E-state index in [0.717, 1.165) is 25.1 Å². The predicted molar refractivity (Wildman–Crippen MR) is 79.2 cm³/mol. The summed E-state index contributed by atoms with van der Waals surface area (Å²) in [6.45, 7) is 6.14. The third kappa shape index (κ3) is 2.58. The van der Waals surface area contributed by atoms with E-state index in [1.54, 1.807) is 0 Å². The van der Waals surface area contributed by atoms with E-state index in [1.165, 1.54) is 13.0 Å². The molecule has 2 unspecified atom stereocenters. The largest absolute Gasteiger partial charge is 0.324 e. The summed E-state index contributed by atoms with van der Waals surface area (Å²) in [5, 5.41) is 3.36. The molecule has 2 saturated heterocycles. The lowest BCUT2D eigenvalue weighted by molar-refractivity contribution is -0.131. The molecule has 2 heterocycles. The van der Waals surface area contributed by atoms with E-state index < -0.39 is 0 Å². The van der Waals surface area contributed by atoms with E-state index in [2.05, 4.69) is 17.1 Å². The maximum atomic E-state index is 12.6. The molecule has 1 aromatic rings. The molecule has 20 heavy (non-hydrogen) atoms. The van der Waals surface area contributed by atoms with Crippen molar-refractivity contribution in [3.63, 3.8) is 0 Å². The molecule has 1 amide bonds. The van der Waals surface area contributed by atoms with Gasteiger partial charge in [-0.1, -0.05) is 37.3 Å². The Hall–Kier alpha value is -1.39. The lowest BCUT2D eigenvalue weighted by Crippen LogP contribution is -2.48. The summed E-state index contributed by atoms with van der Waals surface area (Å²) in [6, 6.07) is 10.2. The number of benzene rings is 1. The zero-order valence-electron chi connectivity index (χ0n) is 12.1. The number of hydrogen-bond acceptors (Lipinski definition) is 3. The molecule has 4 nitrogen and oxygen atoms in total. The minimum Gasteiger partial charge on any atom is -0.324 e. The molecule has 0 aromatic heterocycles. The van der Waals surface area contributed by atoms with E-state index in [4.69, 9.17) is 0 Å². The second-order valence-electron chi connectivity index (χ2n) is 5.70. The number of amides is 1. The summed E-state index contributed by atoms with van der Waals surface area (Å²) in [7, 11) is 0. The summed E-state index contributed by atoms with van der Waals surface area (Å²) in [4.78, 5) is 17.1. The summed E-state index contributed by atoms with van der Waals surface area (Å²) in [5.41, 5.74) is 1.07. The third-order valence-electron chi connectivity index (χ3n) is 4.50. The van der Waals surface area contributed by atoms with Gasteiger partial charge in [0, 0.05) is 12.6 Å². The van der Waals surface area contributed by atoms with Crippen LogP contribution in [0.15, 0.2) is 30.3 Å². The quantitative estimate of drug-likeness (QED) is 0.908. The standard InChI is InChI=1S/C16H23N3O/c1-2-18-10-6-9-14(11-18)19-12-17-15(16(19)20)13-7-4-3-5-8-13/h3-5,7-8,14-15,17H,2,6,9-12H2,1H3. The molecule has 1 aromatic carbocycles. The highest BCUT2D eigenvalue weighted by Gasteiger charge is 2.37. The molecule has 4 heteroatoms. The second-order valence-corrected chi connectivity index (χ2v) is 5.70. The van der Waals surface area contributed by atoms with Crippen molar-refractivity contribution in [3.05, 3.63) is 35.9 Å². The van der Waals surface area contributed by atoms with Gasteiger partial charge in [0.15, 0.2) is 0 Å². The lowest BCUT2D eigenvalue weighted by atomic mass is 10.0. The smallest absolute Gasteiger partial charge is 0.245 e. The van der Waals surface area contributed by atoms with Crippen LogP contribution in [0, 0.1) is 0 Å². The average molecular weight is 273 g/mol. The van der Waals surface area contributed by atoms with Crippen LogP contribution in [0.1, 0.15) is 31.4 Å². The van der Waals surface area contributed by atoms with Gasteiger partial charge in [-0.15, -0.1) is 0 Å². The Balaban J connectivity index is 1.69. The molecule has 3 rings (SSSR count). The van der Waals surface area contributed by atoms with Crippen molar-refractivity contribution in [2.75, 3.05) is 26.3 Å². The number of carbonyl (C=O) groups is 1. The zero-order chi connectivity index (χ0) is 13.9. The molecule has 0 aliphatic carbocycles. The van der Waals surface area contributed by atoms with Crippen LogP contribution in [0.2, 0.25) is 0 Å². The lowest BCUT2D eigenvalue weighted by Gasteiger charge is -2.36. The Morgan fingerprint density at radius 1 is 1.30 bits per heavy atom. The van der Waals surface area contributed by atoms with Crippen molar-refractivity contribution >= 4 is 5.91 Å². The van der Waals surface area contributed by atoms with Gasteiger partial charge < -0.3 is 9.80 Å². The summed E-state index contributed by atoms with van der Waals surface area (Å²) < 4.78 is 0. The van der Waals surface area contributed by atoms with E-state index in [-0.39, 0.29) is 11.9 Å². The fraction of sp³-hybridized carbons (Fsp3) is 0.562. The summed E-state index contributed by atoms with van der Waals surface area (Å²) in [6.07, 6.45) is 2.32. The van der Waals surface area contributed by atoms with Crippen molar-refractivity contribution in [3.8, 4) is 0 Å². The molecule has 2 aliphatic rings. The number of nitrogens with zero attached hydrogens (tertiary/aromatic N) is 2. The average Bonchev–Trinajstić information content (AvgIpc) is 2.90. The molecule has 0 saturated carbocycles. The van der Waals surface area contributed by atoms with Gasteiger partial charge in [0.25, 0.3) is 0 Å². The number of rotatable bonds is 3. The van der Waals surface area contributed by atoms with Gasteiger partial charge in [0.05, 0.1) is 6.67 Å². The minimum absolute atomic E-state index is 0.159. The monoisotopic (exact) mass is 273 g/mol. The maximum Gasteiger partial charge on any atom is 0.245 e. The van der Waals surface area contributed by atoms with Crippen LogP contribution >= 0.6 is 0 Å². The molecule has 2 fully saturated rings. The van der Waals surface area contributed by atoms with Crippen molar-refractivity contribution in [2.45, 2.75) is 31.8 Å². The highest BCUT2D eigenvalue weighted by Crippen LogP contribution is 2.25. The van der Waals surface area contributed by atoms with Crippen LogP contribution in [-0.4, -0.2) is 48.1 Å². The molecule has 0 bridgehead atoms. The van der Waals surface area contributed by atoms with Crippen LogP contribution in [-0.2, 0) is 4.79 Å². The second kappa shape index (κ2) is 5.94. The van der Waals surface area contributed by atoms with Gasteiger partial charge in [0.2, 0.25) is 5.91 Å². The predicted octanol–water partition coefficient (Wildman–Crippen LogP) is 1.60. The van der Waals surface area contributed by atoms with Crippen molar-refractivity contribution in [1.29, 1.82) is 0 Å². The SMILES string of the molecule is CCN1CCCC(N2CNC(c3ccccc3)C2=O)C1. The normalized spacial score (nSPS) is 28.1. The van der Waals surface area contributed by atoms with Crippen molar-refractivity contribution < 1.29 is 4.79 Å². The van der Waals surface area contributed by atoms with Crippen LogP contribution < -0.4 is 5.32 Å². The molecule has 2 atom stereocenters. The number of likely N-dealkylation sites (tertiary alicyclic amines) is 1. The Morgan fingerprint density at radius 2 is 2.10 bits per heavy atom. The van der Waals surface area contributed by atoms with E-state index in [1.807, 2.05) is 35.2 Å². The fourth-order valence-electron chi connectivity index (χ4n) is 3.31. The summed E-state index contributed by atoms with van der Waals surface area (Å²) >= 11 is 0. The topological polar surface area (TPSA) is 35.6 Å². The van der Waals surface area contributed by atoms with Gasteiger partial charge in [-0.2, -0.15) is 0 Å². The number of nitrogens with one attached hydrogen (secondary N) is 1. The molecule has 2 aliphatic heterocycles. The van der Waals surface area contributed by atoms with E-state index >= 15 is 0 Å². The van der Waals surface area contributed by atoms with Crippen LogP contribution in [0.3, 0.4) is 0 Å². The minimum atomic E-state index is -0.159. The molecular formula is C16H23N3O. The Bertz CT molecular complexity index is 462. The first-order valence-electron chi connectivity index (χ1n) is 7.60. The van der Waals surface area contributed by atoms with Gasteiger partial charge in [0.1, 0.15) is 6.04 Å². The Kier molecular flexibility index (Phi) is 4.03. The molecule has 0 spiro atoms. The highest BCUT2D eigenvalue weighted by molar-refractivity contribution is 5.85. The van der Waals surface area contributed by atoms with E-state index in [0.29, 0.717) is 12.7 Å². The van der Waals surface area contributed by atoms with Crippen molar-refractivity contribution in [1.82, 2.24) is 15.1 Å². The van der Waals surface area contributed by atoms with Gasteiger partial charge in [-0.25, -0.2) is 0 Å². The fourth-order valence-corrected chi connectivity index (χ4v) is 3.31. The molecule has 1 N–H and O–H groups in total. The molecule has 108 valence electrons. The number of piperidine rings is 1. The highest BCUT2D eigenvalue weighted by atomic mass is 16.2. The Morgan fingerprint density at radius 3 is 2.85 bits per heavy atom. The first-order chi connectivity index (χ1) is 9.79. The van der Waals surface area contributed by atoms with Gasteiger partial charge in [-0.05, 0) is 31.5 Å². The first kappa shape index (κ1) is 13.6. The molecule has 0 radical (unpaired) electrons. The number of likely N-dealkylation sites (N-methyl/N-ethyl adjacent to an activating group) is 1. The first-order valence-corrected chi connectivity index (χ1v) is 7.60. The maximum absolute atomic E-state index is 12.6. The summed E-state index contributed by atoms with van der Waals surface area (Å²) in [5.74, 6) is 0.235. The third-order valence-corrected chi connectivity index (χ3v) is 4.50. The van der Waals surface area contributed by atoms with Crippen LogP contribution in [0.5, 0.6) is 0 Å². The van der Waals surface area contributed by atoms with Crippen molar-refractivity contribution in [2.24, 2.45) is 0 Å². The number of carbonyl (C=O) groups excluding carboxylic acids is 1. The van der Waals surface area contributed by atoms with Crippen LogP contribution in [0.4, 0.5) is 0 Å². The van der Waals surface area contributed by atoms with E-state index in [9.17, 15) is 4.79 Å². The van der Waals surface area contributed by atoms with Gasteiger partial charge >= 0.3 is 0 Å². The number of hydrogen-bond donors (Lipinski definition) is 1.